The van der Waals surface area contributed by atoms with E-state index in [4.69, 9.17) is 9.47 Å². The van der Waals surface area contributed by atoms with Gasteiger partial charge < -0.3 is 20.1 Å². The molecule has 2 heterocycles. The molecule has 1 atom stereocenters. The van der Waals surface area contributed by atoms with Crippen LogP contribution < -0.4 is 10.6 Å². The molecule has 0 fully saturated rings. The number of pyridine rings is 1. The van der Waals surface area contributed by atoms with Gasteiger partial charge in [-0.3, -0.25) is 19.9 Å². The number of methoxy groups -OCH3 is 1. The van der Waals surface area contributed by atoms with E-state index in [2.05, 4.69) is 15.6 Å². The van der Waals surface area contributed by atoms with Crippen molar-refractivity contribution < 1.29 is 24.0 Å². The number of para-hydroxylation sites is 1. The van der Waals surface area contributed by atoms with Crippen LogP contribution in [0.5, 0.6) is 0 Å². The summed E-state index contributed by atoms with van der Waals surface area (Å²) in [4.78, 5) is 41.7. The first-order valence-electron chi connectivity index (χ1n) is 10.6. The van der Waals surface area contributed by atoms with E-state index < -0.39 is 22.7 Å². The summed E-state index contributed by atoms with van der Waals surface area (Å²) in [5.74, 6) is -2.15. The van der Waals surface area contributed by atoms with Crippen molar-refractivity contribution in [3.8, 4) is 0 Å². The van der Waals surface area contributed by atoms with Crippen molar-refractivity contribution in [1.29, 1.82) is 0 Å². The number of esters is 1. The van der Waals surface area contributed by atoms with Crippen LogP contribution in [0.3, 0.4) is 0 Å². The van der Waals surface area contributed by atoms with Gasteiger partial charge in [0.25, 0.3) is 5.69 Å². The number of allylic oxidation sites excluding steroid dienone is 2. The lowest BCUT2D eigenvalue weighted by molar-refractivity contribution is -0.385. The second kappa shape index (κ2) is 11.2. The van der Waals surface area contributed by atoms with Gasteiger partial charge in [0, 0.05) is 54.6 Å². The zero-order chi connectivity index (χ0) is 24.7. The Morgan fingerprint density at radius 2 is 1.76 bits per heavy atom. The SMILES string of the molecule is COCCOC(=O)C1=C(C)NC(C)=C(C(=O)NCc2ccncc2)C1c1ccccc1[N+](=O)[O-]. The van der Waals surface area contributed by atoms with Crippen LogP contribution in [0, 0.1) is 10.1 Å². The van der Waals surface area contributed by atoms with Crippen LogP contribution in [-0.4, -0.2) is 42.1 Å². The standard InChI is InChI=1S/C24H26N4O6/c1-15-20(23(29)26-14-17-8-10-25-11-9-17)22(18-6-4-5-7-19(18)28(31)32)21(16(2)27-15)24(30)34-13-12-33-3/h4-11,22,27H,12-14H2,1-3H3,(H,26,29). The Morgan fingerprint density at radius 1 is 1.09 bits per heavy atom. The molecular weight excluding hydrogens is 440 g/mol. The normalized spacial score (nSPS) is 15.6. The minimum Gasteiger partial charge on any atom is -0.460 e. The van der Waals surface area contributed by atoms with Crippen molar-refractivity contribution in [2.75, 3.05) is 20.3 Å². The molecule has 2 aromatic rings. The monoisotopic (exact) mass is 466 g/mol. The fraction of sp³-hybridized carbons (Fsp3) is 0.292. The summed E-state index contributed by atoms with van der Waals surface area (Å²) < 4.78 is 10.3. The Kier molecular flexibility index (Phi) is 8.10. The number of hydrogen-bond donors (Lipinski definition) is 2. The van der Waals surface area contributed by atoms with Gasteiger partial charge in [-0.25, -0.2) is 4.79 Å². The lowest BCUT2D eigenvalue weighted by atomic mass is 9.79. The maximum absolute atomic E-state index is 13.4. The molecule has 1 aromatic carbocycles. The van der Waals surface area contributed by atoms with E-state index in [1.54, 1.807) is 50.5 Å². The molecule has 1 unspecified atom stereocenters. The van der Waals surface area contributed by atoms with Crippen molar-refractivity contribution in [2.24, 2.45) is 0 Å². The van der Waals surface area contributed by atoms with Gasteiger partial charge in [0.05, 0.1) is 23.0 Å². The first-order valence-corrected chi connectivity index (χ1v) is 10.6. The van der Waals surface area contributed by atoms with Crippen molar-refractivity contribution in [3.63, 3.8) is 0 Å². The predicted octanol–water partition coefficient (Wildman–Crippen LogP) is 2.73. The van der Waals surface area contributed by atoms with Gasteiger partial charge >= 0.3 is 5.97 Å². The molecular formula is C24H26N4O6. The molecule has 178 valence electrons. The van der Waals surface area contributed by atoms with Gasteiger partial charge in [0.2, 0.25) is 5.91 Å². The average Bonchev–Trinajstić information content (AvgIpc) is 2.82. The second-order valence-electron chi connectivity index (χ2n) is 7.62. The lowest BCUT2D eigenvalue weighted by Crippen LogP contribution is -2.36. The number of nitrogens with one attached hydrogen (secondary N) is 2. The van der Waals surface area contributed by atoms with Crippen molar-refractivity contribution in [1.82, 2.24) is 15.6 Å². The second-order valence-corrected chi connectivity index (χ2v) is 7.62. The van der Waals surface area contributed by atoms with Crippen molar-refractivity contribution >= 4 is 17.6 Å². The molecule has 0 spiro atoms. The third-order valence-electron chi connectivity index (χ3n) is 5.39. The zero-order valence-electron chi connectivity index (χ0n) is 19.2. The summed E-state index contributed by atoms with van der Waals surface area (Å²) in [7, 11) is 1.48. The molecule has 10 nitrogen and oxygen atoms in total. The summed E-state index contributed by atoms with van der Waals surface area (Å²) in [5, 5.41) is 17.7. The molecule has 1 aromatic heterocycles. The molecule has 1 aliphatic rings. The quantitative estimate of drug-likeness (QED) is 0.249. The first-order chi connectivity index (χ1) is 16.3. The van der Waals surface area contributed by atoms with Crippen molar-refractivity contribution in [3.05, 3.63) is 92.6 Å². The van der Waals surface area contributed by atoms with Crippen LogP contribution in [0.1, 0.15) is 30.9 Å². The molecule has 0 saturated carbocycles. The third kappa shape index (κ3) is 5.46. The summed E-state index contributed by atoms with van der Waals surface area (Å²) in [6, 6.07) is 9.60. The van der Waals surface area contributed by atoms with E-state index in [0.717, 1.165) is 5.56 Å². The Bertz CT molecular complexity index is 1140. The number of benzene rings is 1. The Morgan fingerprint density at radius 3 is 2.44 bits per heavy atom. The van der Waals surface area contributed by atoms with Gasteiger partial charge in [0.15, 0.2) is 0 Å². The fourth-order valence-corrected chi connectivity index (χ4v) is 3.85. The minimum atomic E-state index is -1.00. The Hall–Kier alpha value is -4.05. The number of nitro groups is 1. The third-order valence-corrected chi connectivity index (χ3v) is 5.39. The number of rotatable bonds is 9. The number of ether oxygens (including phenoxy) is 2. The molecule has 0 aliphatic carbocycles. The summed E-state index contributed by atoms with van der Waals surface area (Å²) in [6.07, 6.45) is 3.23. The Labute approximate surface area is 196 Å². The number of carbonyl (C=O) groups is 2. The van der Waals surface area contributed by atoms with Gasteiger partial charge in [-0.05, 0) is 31.5 Å². The van der Waals surface area contributed by atoms with Gasteiger partial charge in [0.1, 0.15) is 6.61 Å². The maximum Gasteiger partial charge on any atom is 0.336 e. The zero-order valence-corrected chi connectivity index (χ0v) is 19.2. The number of hydrogen-bond acceptors (Lipinski definition) is 8. The highest BCUT2D eigenvalue weighted by atomic mass is 16.6. The van der Waals surface area contributed by atoms with E-state index in [9.17, 15) is 19.7 Å². The maximum atomic E-state index is 13.4. The van der Waals surface area contributed by atoms with Crippen LogP contribution in [-0.2, 0) is 25.6 Å². The van der Waals surface area contributed by atoms with Gasteiger partial charge in [-0.2, -0.15) is 0 Å². The highest BCUT2D eigenvalue weighted by Gasteiger charge is 2.40. The fourth-order valence-electron chi connectivity index (χ4n) is 3.85. The van der Waals surface area contributed by atoms with Crippen molar-refractivity contribution in [2.45, 2.75) is 26.3 Å². The lowest BCUT2D eigenvalue weighted by Gasteiger charge is -2.30. The van der Waals surface area contributed by atoms with Crippen LogP contribution >= 0.6 is 0 Å². The number of aromatic nitrogens is 1. The van der Waals surface area contributed by atoms with E-state index in [0.29, 0.717) is 11.4 Å². The van der Waals surface area contributed by atoms with Crippen LogP contribution in [0.15, 0.2) is 71.3 Å². The van der Waals surface area contributed by atoms with E-state index in [-0.39, 0.29) is 42.2 Å². The average molecular weight is 466 g/mol. The van der Waals surface area contributed by atoms with E-state index >= 15 is 0 Å². The summed E-state index contributed by atoms with van der Waals surface area (Å²) >= 11 is 0. The molecule has 10 heteroatoms. The van der Waals surface area contributed by atoms with E-state index in [1.165, 1.54) is 19.2 Å². The molecule has 0 saturated heterocycles. The smallest absolute Gasteiger partial charge is 0.336 e. The predicted molar refractivity (Wildman–Crippen MR) is 123 cm³/mol. The van der Waals surface area contributed by atoms with Gasteiger partial charge in [-0.1, -0.05) is 18.2 Å². The molecule has 0 bridgehead atoms. The highest BCUT2D eigenvalue weighted by molar-refractivity contribution is 6.02. The number of nitro benzene ring substituents is 1. The topological polar surface area (TPSA) is 133 Å². The number of nitrogens with zero attached hydrogens (tertiary/aromatic N) is 2. The number of carbonyl (C=O) groups excluding carboxylic acids is 2. The highest BCUT2D eigenvalue weighted by Crippen LogP contribution is 2.42. The Balaban J connectivity index is 2.05. The molecule has 1 amide bonds. The number of dihydropyridines is 1. The molecule has 2 N–H and O–H groups in total. The largest absolute Gasteiger partial charge is 0.460 e. The molecule has 3 rings (SSSR count). The van der Waals surface area contributed by atoms with Crippen LogP contribution in [0.25, 0.3) is 0 Å². The van der Waals surface area contributed by atoms with Crippen LogP contribution in [0.4, 0.5) is 5.69 Å². The summed E-state index contributed by atoms with van der Waals surface area (Å²) in [5.41, 5.74) is 2.13. The number of amides is 1. The van der Waals surface area contributed by atoms with Gasteiger partial charge in [-0.15, -0.1) is 0 Å². The van der Waals surface area contributed by atoms with Crippen LogP contribution in [0.2, 0.25) is 0 Å². The first kappa shape index (κ1) is 24.6. The minimum absolute atomic E-state index is 0.00197. The molecule has 34 heavy (non-hydrogen) atoms. The molecule has 1 aliphatic heterocycles. The summed E-state index contributed by atoms with van der Waals surface area (Å²) in [6.45, 7) is 3.78. The van der Waals surface area contributed by atoms with E-state index in [1.807, 2.05) is 0 Å². The molecule has 0 radical (unpaired) electrons.